The summed E-state index contributed by atoms with van der Waals surface area (Å²) in [6.07, 6.45) is 1.85. The van der Waals surface area contributed by atoms with Crippen molar-refractivity contribution in [3.8, 4) is 0 Å². The molecule has 1 aliphatic rings. The lowest BCUT2D eigenvalue weighted by atomic mass is 10.2. The van der Waals surface area contributed by atoms with Crippen LogP contribution in [0.15, 0.2) is 53.4 Å². The number of aromatic nitrogens is 1. The highest BCUT2D eigenvalue weighted by atomic mass is 35.5. The van der Waals surface area contributed by atoms with Crippen molar-refractivity contribution in [2.75, 3.05) is 18.4 Å². The van der Waals surface area contributed by atoms with E-state index in [0.717, 1.165) is 35.0 Å². The lowest BCUT2D eigenvalue weighted by Gasteiger charge is -2.16. The van der Waals surface area contributed by atoms with Crippen LogP contribution in [0.3, 0.4) is 0 Å². The van der Waals surface area contributed by atoms with Crippen LogP contribution in [0.1, 0.15) is 18.4 Å². The van der Waals surface area contributed by atoms with Crippen molar-refractivity contribution in [3.63, 3.8) is 0 Å². The molecule has 7 heteroatoms. The van der Waals surface area contributed by atoms with Gasteiger partial charge >= 0.3 is 0 Å². The third kappa shape index (κ3) is 3.52. The number of hydrogen-bond acceptors (Lipinski definition) is 4. The van der Waals surface area contributed by atoms with Gasteiger partial charge in [0, 0.05) is 29.2 Å². The number of halogens is 1. The van der Waals surface area contributed by atoms with Gasteiger partial charge in [-0.3, -0.25) is 0 Å². The Morgan fingerprint density at radius 2 is 1.85 bits per heavy atom. The fourth-order valence-corrected chi connectivity index (χ4v) is 5.02. The Balaban J connectivity index is 1.65. The summed E-state index contributed by atoms with van der Waals surface area (Å²) >= 11 is 6.17. The first kappa shape index (κ1) is 18.2. The zero-order valence-electron chi connectivity index (χ0n) is 14.9. The lowest BCUT2D eigenvalue weighted by Crippen LogP contribution is -2.27. The van der Waals surface area contributed by atoms with E-state index in [2.05, 4.69) is 10.3 Å². The van der Waals surface area contributed by atoms with Crippen LogP contribution < -0.4 is 5.32 Å². The molecule has 1 aromatic heterocycles. The average molecular weight is 402 g/mol. The minimum Gasteiger partial charge on any atom is -0.340 e. The van der Waals surface area contributed by atoms with Crippen LogP contribution in [0.25, 0.3) is 10.9 Å². The molecule has 0 amide bonds. The van der Waals surface area contributed by atoms with E-state index >= 15 is 0 Å². The van der Waals surface area contributed by atoms with Gasteiger partial charge in [-0.05, 0) is 67.8 Å². The molecule has 0 radical (unpaired) electrons. The second-order valence-corrected chi connectivity index (χ2v) is 9.04. The van der Waals surface area contributed by atoms with Crippen LogP contribution in [0.2, 0.25) is 5.02 Å². The van der Waals surface area contributed by atoms with E-state index in [1.165, 1.54) is 0 Å². The molecule has 1 saturated heterocycles. The maximum Gasteiger partial charge on any atom is 0.243 e. The largest absolute Gasteiger partial charge is 0.340 e. The summed E-state index contributed by atoms with van der Waals surface area (Å²) in [5.74, 6) is 0.683. The van der Waals surface area contributed by atoms with E-state index in [1.807, 2.05) is 37.3 Å². The third-order valence-corrected chi connectivity index (χ3v) is 7.20. The molecule has 1 fully saturated rings. The Morgan fingerprint density at radius 1 is 1.07 bits per heavy atom. The van der Waals surface area contributed by atoms with Gasteiger partial charge in [-0.1, -0.05) is 17.7 Å². The summed E-state index contributed by atoms with van der Waals surface area (Å²) in [6.45, 7) is 3.14. The van der Waals surface area contributed by atoms with Gasteiger partial charge in [0.15, 0.2) is 0 Å². The van der Waals surface area contributed by atoms with Crippen molar-refractivity contribution in [1.29, 1.82) is 0 Å². The van der Waals surface area contributed by atoms with Gasteiger partial charge in [-0.25, -0.2) is 13.4 Å². The van der Waals surface area contributed by atoms with Crippen LogP contribution in [0.4, 0.5) is 11.5 Å². The van der Waals surface area contributed by atoms with E-state index in [-0.39, 0.29) is 0 Å². The number of nitrogens with one attached hydrogen (secondary N) is 1. The summed E-state index contributed by atoms with van der Waals surface area (Å²) in [7, 11) is -3.42. The van der Waals surface area contributed by atoms with Gasteiger partial charge < -0.3 is 5.32 Å². The molecule has 4 rings (SSSR count). The van der Waals surface area contributed by atoms with Crippen molar-refractivity contribution < 1.29 is 8.42 Å². The number of hydrogen-bond donors (Lipinski definition) is 1. The molecular weight excluding hydrogens is 382 g/mol. The fourth-order valence-electron chi connectivity index (χ4n) is 3.29. The van der Waals surface area contributed by atoms with Gasteiger partial charge in [-0.15, -0.1) is 0 Å². The molecule has 0 unspecified atom stereocenters. The molecule has 0 atom stereocenters. The molecule has 2 aromatic carbocycles. The SMILES string of the molecule is Cc1c(Cl)cccc1Nc1ccc2cc(S(=O)(=O)N3CCCC3)ccc2n1. The Morgan fingerprint density at radius 3 is 2.63 bits per heavy atom. The predicted molar refractivity (Wildman–Crippen MR) is 109 cm³/mol. The van der Waals surface area contributed by atoms with Crippen molar-refractivity contribution in [2.24, 2.45) is 0 Å². The van der Waals surface area contributed by atoms with Gasteiger partial charge in [0.1, 0.15) is 5.82 Å². The monoisotopic (exact) mass is 401 g/mol. The lowest BCUT2D eigenvalue weighted by molar-refractivity contribution is 0.477. The van der Waals surface area contributed by atoms with E-state index in [9.17, 15) is 8.42 Å². The number of anilines is 2. The Hall–Kier alpha value is -2.15. The first-order valence-corrected chi connectivity index (χ1v) is 10.7. The Kier molecular flexibility index (Phi) is 4.80. The summed E-state index contributed by atoms with van der Waals surface area (Å²) in [4.78, 5) is 4.92. The van der Waals surface area contributed by atoms with Crippen LogP contribution in [-0.4, -0.2) is 30.8 Å². The second kappa shape index (κ2) is 7.11. The van der Waals surface area contributed by atoms with Gasteiger partial charge in [0.2, 0.25) is 10.0 Å². The van der Waals surface area contributed by atoms with Gasteiger partial charge in [0.25, 0.3) is 0 Å². The van der Waals surface area contributed by atoms with E-state index in [4.69, 9.17) is 11.6 Å². The third-order valence-electron chi connectivity index (χ3n) is 4.89. The van der Waals surface area contributed by atoms with Gasteiger partial charge in [-0.2, -0.15) is 4.31 Å². The van der Waals surface area contributed by atoms with E-state index < -0.39 is 10.0 Å². The highest BCUT2D eigenvalue weighted by molar-refractivity contribution is 7.89. The average Bonchev–Trinajstić information content (AvgIpc) is 3.21. The van der Waals surface area contributed by atoms with Crippen molar-refractivity contribution in [1.82, 2.24) is 9.29 Å². The summed E-state index contributed by atoms with van der Waals surface area (Å²) < 4.78 is 27.0. The molecule has 2 heterocycles. The summed E-state index contributed by atoms with van der Waals surface area (Å²) in [5, 5.41) is 4.76. The first-order valence-electron chi connectivity index (χ1n) is 8.88. The molecule has 1 aliphatic heterocycles. The minimum absolute atomic E-state index is 0.324. The smallest absolute Gasteiger partial charge is 0.243 e. The summed E-state index contributed by atoms with van der Waals surface area (Å²) in [5.41, 5.74) is 2.58. The van der Waals surface area contributed by atoms with E-state index in [0.29, 0.717) is 28.8 Å². The van der Waals surface area contributed by atoms with Crippen molar-refractivity contribution >= 4 is 44.0 Å². The zero-order chi connectivity index (χ0) is 19.0. The molecule has 0 saturated carbocycles. The number of rotatable bonds is 4. The van der Waals surface area contributed by atoms with Crippen LogP contribution in [-0.2, 0) is 10.0 Å². The van der Waals surface area contributed by atoms with Gasteiger partial charge in [0.05, 0.1) is 10.4 Å². The first-order chi connectivity index (χ1) is 12.9. The zero-order valence-corrected chi connectivity index (χ0v) is 16.5. The molecule has 0 bridgehead atoms. The molecule has 5 nitrogen and oxygen atoms in total. The minimum atomic E-state index is -3.42. The van der Waals surface area contributed by atoms with Crippen molar-refractivity contribution in [2.45, 2.75) is 24.7 Å². The standard InChI is InChI=1S/C20H20ClN3O2S/c1-14-17(21)5-4-6-18(14)22-20-10-7-15-13-16(8-9-19(15)23-20)27(25,26)24-11-2-3-12-24/h4-10,13H,2-3,11-12H2,1H3,(H,22,23). The maximum absolute atomic E-state index is 12.7. The Bertz CT molecular complexity index is 1110. The van der Waals surface area contributed by atoms with E-state index in [1.54, 1.807) is 22.5 Å². The quantitative estimate of drug-likeness (QED) is 0.686. The molecule has 27 heavy (non-hydrogen) atoms. The molecule has 3 aromatic rings. The topological polar surface area (TPSA) is 62.3 Å². The molecule has 1 N–H and O–H groups in total. The molecule has 140 valence electrons. The molecule has 0 aliphatic carbocycles. The predicted octanol–water partition coefficient (Wildman–Crippen LogP) is 4.72. The summed E-state index contributed by atoms with van der Waals surface area (Å²) in [6, 6.07) is 14.5. The molecule has 0 spiro atoms. The normalized spacial score (nSPS) is 15.3. The number of pyridine rings is 1. The second-order valence-electron chi connectivity index (χ2n) is 6.70. The highest BCUT2D eigenvalue weighted by Crippen LogP contribution is 2.28. The number of nitrogens with zero attached hydrogens (tertiary/aromatic N) is 2. The molecular formula is C20H20ClN3O2S. The number of benzene rings is 2. The van der Waals surface area contributed by atoms with Crippen molar-refractivity contribution in [3.05, 3.63) is 59.1 Å². The number of sulfonamides is 1. The van der Waals surface area contributed by atoms with Crippen LogP contribution in [0, 0.1) is 6.92 Å². The number of fused-ring (bicyclic) bond motifs is 1. The van der Waals surface area contributed by atoms with Crippen LogP contribution in [0.5, 0.6) is 0 Å². The highest BCUT2D eigenvalue weighted by Gasteiger charge is 2.27. The fraction of sp³-hybridized carbons (Fsp3) is 0.250. The van der Waals surface area contributed by atoms with Crippen LogP contribution >= 0.6 is 11.6 Å². The maximum atomic E-state index is 12.7. The Labute approximate surface area is 164 Å².